The van der Waals surface area contributed by atoms with Crippen molar-refractivity contribution >= 4 is 13.7 Å². The van der Waals surface area contributed by atoms with Gasteiger partial charge in [0.05, 0.1) is 39.9 Å². The van der Waals surface area contributed by atoms with E-state index in [0.717, 1.165) is 77.0 Å². The third-order valence-electron chi connectivity index (χ3n) is 12.2. The van der Waals surface area contributed by atoms with Crippen LogP contribution in [-0.4, -0.2) is 73.4 Å². The van der Waals surface area contributed by atoms with E-state index >= 15 is 0 Å². The van der Waals surface area contributed by atoms with E-state index in [9.17, 15) is 19.4 Å². The Morgan fingerprint density at radius 3 is 1.31 bits per heavy atom. The minimum Gasteiger partial charge on any atom is -0.387 e. The fourth-order valence-corrected chi connectivity index (χ4v) is 8.57. The molecule has 0 aliphatic rings. The largest absolute Gasteiger partial charge is 0.472 e. The van der Waals surface area contributed by atoms with Crippen molar-refractivity contribution in [1.29, 1.82) is 0 Å². The molecule has 0 saturated heterocycles. The van der Waals surface area contributed by atoms with Gasteiger partial charge in [0.25, 0.3) is 0 Å². The summed E-state index contributed by atoms with van der Waals surface area (Å²) in [4.78, 5) is 23.0. The molecule has 3 N–H and O–H groups in total. The van der Waals surface area contributed by atoms with Crippen LogP contribution in [0.15, 0.2) is 72.9 Å². The minimum absolute atomic E-state index is 0.0606. The summed E-state index contributed by atoms with van der Waals surface area (Å²) in [6, 6.07) is -0.843. The lowest BCUT2D eigenvalue weighted by Gasteiger charge is -2.25. The van der Waals surface area contributed by atoms with Gasteiger partial charge in [0.1, 0.15) is 13.2 Å². The molecule has 3 atom stereocenters. The molecule has 8 nitrogen and oxygen atoms in total. The lowest BCUT2D eigenvalue weighted by Crippen LogP contribution is -2.45. The average Bonchev–Trinajstić information content (AvgIpc) is 3.29. The molecular formula is C58H108N2O6P+. The van der Waals surface area contributed by atoms with Crippen LogP contribution in [0, 0.1) is 0 Å². The molecule has 0 rings (SSSR count). The van der Waals surface area contributed by atoms with E-state index in [1.807, 2.05) is 27.2 Å². The van der Waals surface area contributed by atoms with Crippen molar-refractivity contribution in [2.24, 2.45) is 0 Å². The summed E-state index contributed by atoms with van der Waals surface area (Å²) in [6.07, 6.45) is 67.8. The number of phosphoric acid groups is 1. The SMILES string of the molecule is CC/C=C\C/C=C\C/C=C\C/C=C\C/C=C\CCCCCCCCCCCCCCCCCCCCCCCCCC(=O)NC(COP(=O)(O)OCC[N+](C)(C)C)C(O)/C=C/CCCCCC. The summed E-state index contributed by atoms with van der Waals surface area (Å²) in [6.45, 7) is 4.62. The molecule has 0 fully saturated rings. The standard InChI is InChI=1S/C58H107N2O6P/c1-6-8-10-12-14-15-16-17-18-19-20-21-22-23-24-25-26-27-28-29-30-31-32-33-34-35-36-37-38-39-40-41-42-43-44-45-46-48-50-52-58(62)59-56(57(61)51-49-47-13-11-9-7-2)55-66-67(63,64)65-54-53-60(3,4)5/h8,10,14-15,17-18,20-21,23-24,49,51,56-57,61H,6-7,9,11-13,16,19,22,25-48,50,52-55H2,1-5H3,(H-,59,62,63,64)/p+1/b10-8-,15-14-,18-17-,21-20-,24-23-,51-49+. The van der Waals surface area contributed by atoms with Gasteiger partial charge in [-0.05, 0) is 64.2 Å². The molecule has 9 heteroatoms. The van der Waals surface area contributed by atoms with Gasteiger partial charge >= 0.3 is 7.82 Å². The van der Waals surface area contributed by atoms with Crippen LogP contribution in [-0.2, 0) is 18.4 Å². The molecule has 0 aliphatic carbocycles. The Bertz CT molecular complexity index is 1320. The lowest BCUT2D eigenvalue weighted by atomic mass is 10.0. The second-order valence-corrected chi connectivity index (χ2v) is 21.4. The number of quaternary nitrogens is 1. The van der Waals surface area contributed by atoms with Crippen LogP contribution in [0.2, 0.25) is 0 Å². The zero-order valence-corrected chi connectivity index (χ0v) is 45.3. The van der Waals surface area contributed by atoms with E-state index < -0.39 is 20.0 Å². The van der Waals surface area contributed by atoms with Gasteiger partial charge in [0.2, 0.25) is 5.91 Å². The maximum absolute atomic E-state index is 12.8. The molecule has 1 amide bonds. The fraction of sp³-hybridized carbons (Fsp3) is 0.776. The summed E-state index contributed by atoms with van der Waals surface area (Å²) in [5, 5.41) is 13.7. The molecule has 0 bridgehead atoms. The van der Waals surface area contributed by atoms with E-state index in [1.54, 1.807) is 6.08 Å². The maximum Gasteiger partial charge on any atom is 0.472 e. The van der Waals surface area contributed by atoms with Crippen LogP contribution in [0.4, 0.5) is 0 Å². The number of unbranched alkanes of at least 4 members (excludes halogenated alkanes) is 27. The third-order valence-corrected chi connectivity index (χ3v) is 13.2. The first-order valence-corrected chi connectivity index (χ1v) is 29.3. The quantitative estimate of drug-likeness (QED) is 0.0243. The monoisotopic (exact) mass is 960 g/mol. The number of likely N-dealkylation sites (N-methyl/N-ethyl adjacent to an activating group) is 1. The number of phosphoric ester groups is 1. The number of aliphatic hydroxyl groups excluding tert-OH is 1. The van der Waals surface area contributed by atoms with Crippen molar-refractivity contribution < 1.29 is 32.9 Å². The van der Waals surface area contributed by atoms with Crippen molar-refractivity contribution in [1.82, 2.24) is 5.32 Å². The van der Waals surface area contributed by atoms with E-state index in [2.05, 4.69) is 79.9 Å². The molecule has 3 unspecified atom stereocenters. The Labute approximate surface area is 414 Å². The highest BCUT2D eigenvalue weighted by molar-refractivity contribution is 7.47. The average molecular weight is 960 g/mol. The third kappa shape index (κ3) is 51.6. The number of nitrogens with one attached hydrogen (secondary N) is 1. The Morgan fingerprint density at radius 1 is 0.522 bits per heavy atom. The van der Waals surface area contributed by atoms with Crippen molar-refractivity contribution in [3.8, 4) is 0 Å². The number of carbonyl (C=O) groups is 1. The van der Waals surface area contributed by atoms with Crippen LogP contribution in [0.25, 0.3) is 0 Å². The van der Waals surface area contributed by atoms with E-state index in [-0.39, 0.29) is 19.1 Å². The Balaban J connectivity index is 3.75. The highest BCUT2D eigenvalue weighted by atomic mass is 31.2. The summed E-state index contributed by atoms with van der Waals surface area (Å²) in [5.41, 5.74) is 0. The molecule has 67 heavy (non-hydrogen) atoms. The number of allylic oxidation sites excluding steroid dienone is 11. The normalized spacial score (nSPS) is 14.6. The highest BCUT2D eigenvalue weighted by Gasteiger charge is 2.27. The topological polar surface area (TPSA) is 105 Å². The number of rotatable bonds is 50. The van der Waals surface area contributed by atoms with Crippen molar-refractivity contribution in [3.05, 3.63) is 72.9 Å². The maximum atomic E-state index is 12.8. The molecule has 0 heterocycles. The van der Waals surface area contributed by atoms with Crippen molar-refractivity contribution in [2.45, 2.75) is 251 Å². The molecule has 0 aromatic heterocycles. The zero-order chi connectivity index (χ0) is 49.2. The van der Waals surface area contributed by atoms with Gasteiger partial charge < -0.3 is 19.8 Å². The van der Waals surface area contributed by atoms with Gasteiger partial charge in [-0.1, -0.05) is 241 Å². The van der Waals surface area contributed by atoms with Crippen LogP contribution in [0.5, 0.6) is 0 Å². The first-order chi connectivity index (χ1) is 32.5. The first kappa shape index (κ1) is 64.9. The van der Waals surface area contributed by atoms with Crippen LogP contribution in [0.1, 0.15) is 239 Å². The van der Waals surface area contributed by atoms with Gasteiger partial charge in [0.15, 0.2) is 0 Å². The minimum atomic E-state index is -4.33. The smallest absolute Gasteiger partial charge is 0.387 e. The molecule has 0 aromatic rings. The summed E-state index contributed by atoms with van der Waals surface area (Å²) >= 11 is 0. The number of carbonyl (C=O) groups excluding carboxylic acids is 1. The Morgan fingerprint density at radius 2 is 0.896 bits per heavy atom. The molecule has 0 aromatic carbocycles. The molecule has 0 radical (unpaired) electrons. The number of aliphatic hydroxyl groups is 1. The van der Waals surface area contributed by atoms with Crippen molar-refractivity contribution in [2.75, 3.05) is 40.9 Å². The fourth-order valence-electron chi connectivity index (χ4n) is 7.83. The van der Waals surface area contributed by atoms with E-state index in [0.29, 0.717) is 17.4 Å². The molecular weight excluding hydrogens is 852 g/mol. The lowest BCUT2D eigenvalue weighted by molar-refractivity contribution is -0.870. The van der Waals surface area contributed by atoms with Crippen LogP contribution < -0.4 is 5.32 Å². The summed E-state index contributed by atoms with van der Waals surface area (Å²) in [7, 11) is 1.57. The van der Waals surface area contributed by atoms with E-state index in [4.69, 9.17) is 9.05 Å². The Hall–Kier alpha value is -2.06. The second-order valence-electron chi connectivity index (χ2n) is 19.9. The number of amides is 1. The van der Waals surface area contributed by atoms with Crippen molar-refractivity contribution in [3.63, 3.8) is 0 Å². The summed E-state index contributed by atoms with van der Waals surface area (Å²) in [5.74, 6) is -0.181. The molecule has 0 saturated carbocycles. The summed E-state index contributed by atoms with van der Waals surface area (Å²) < 4.78 is 23.5. The van der Waals surface area contributed by atoms with Gasteiger partial charge in [-0.25, -0.2) is 4.57 Å². The number of hydrogen-bond acceptors (Lipinski definition) is 5. The first-order valence-electron chi connectivity index (χ1n) is 27.8. The van der Waals surface area contributed by atoms with Gasteiger partial charge in [-0.3, -0.25) is 13.8 Å². The number of hydrogen-bond donors (Lipinski definition) is 3. The highest BCUT2D eigenvalue weighted by Crippen LogP contribution is 2.43. The zero-order valence-electron chi connectivity index (χ0n) is 44.4. The Kier molecular flexibility index (Phi) is 47.4. The predicted molar refractivity (Wildman–Crippen MR) is 290 cm³/mol. The number of nitrogens with zero attached hydrogens (tertiary/aromatic N) is 1. The van der Waals surface area contributed by atoms with E-state index in [1.165, 1.54) is 141 Å². The van der Waals surface area contributed by atoms with Crippen LogP contribution in [0.3, 0.4) is 0 Å². The van der Waals surface area contributed by atoms with Crippen LogP contribution >= 0.6 is 7.82 Å². The van der Waals surface area contributed by atoms with Gasteiger partial charge in [-0.15, -0.1) is 0 Å². The van der Waals surface area contributed by atoms with Gasteiger partial charge in [-0.2, -0.15) is 0 Å². The predicted octanol–water partition coefficient (Wildman–Crippen LogP) is 16.7. The molecule has 0 spiro atoms. The van der Waals surface area contributed by atoms with Gasteiger partial charge in [0, 0.05) is 6.42 Å². The second kappa shape index (κ2) is 48.9. The molecule has 0 aliphatic heterocycles. The molecule has 390 valence electrons.